The van der Waals surface area contributed by atoms with Crippen molar-refractivity contribution in [2.24, 2.45) is 0 Å². The molecule has 1 aliphatic rings. The van der Waals surface area contributed by atoms with E-state index >= 15 is 0 Å². The van der Waals surface area contributed by atoms with Crippen LogP contribution >= 0.6 is 0 Å². The Balaban J connectivity index is 1.18. The van der Waals surface area contributed by atoms with Gasteiger partial charge in [-0.1, -0.05) is 78.9 Å². The number of amides is 1. The number of rotatable bonds is 10. The molecule has 0 unspecified atom stereocenters. The zero-order valence-corrected chi connectivity index (χ0v) is 26.5. The summed E-state index contributed by atoms with van der Waals surface area (Å²) < 4.78 is 8.51. The Hall–Kier alpha value is -5.89. The molecule has 240 valence electrons. The molecule has 6 aromatic rings. The van der Waals surface area contributed by atoms with E-state index in [2.05, 4.69) is 76.3 Å². The van der Waals surface area contributed by atoms with E-state index in [9.17, 15) is 14.9 Å². The zero-order chi connectivity index (χ0) is 32.9. The number of nitrogens with zero attached hydrogens (tertiary/aromatic N) is 4. The SMILES string of the molecule is O=C(C[C@@H](c1cccc(Oc2ccccc2)c1)c1cn(Cc2ccccc2)c2ccccc12)N1CCN(c2ccc([N+](=O)[O-])cc2)CC1. The molecule has 1 aromatic heterocycles. The van der Waals surface area contributed by atoms with Crippen LogP contribution in [0, 0.1) is 10.1 Å². The molecule has 48 heavy (non-hydrogen) atoms. The molecule has 8 heteroatoms. The Morgan fingerprint density at radius 2 is 1.42 bits per heavy atom. The topological polar surface area (TPSA) is 80.8 Å². The molecule has 1 fully saturated rings. The van der Waals surface area contributed by atoms with Gasteiger partial charge in [0.05, 0.1) is 4.92 Å². The number of para-hydroxylation sites is 2. The monoisotopic (exact) mass is 636 g/mol. The summed E-state index contributed by atoms with van der Waals surface area (Å²) in [4.78, 5) is 28.9. The van der Waals surface area contributed by atoms with Crippen LogP contribution in [0.4, 0.5) is 11.4 Å². The summed E-state index contributed by atoms with van der Waals surface area (Å²) in [5.74, 6) is 1.37. The second-order valence-electron chi connectivity index (χ2n) is 12.1. The minimum Gasteiger partial charge on any atom is -0.457 e. The van der Waals surface area contributed by atoms with E-state index in [1.165, 1.54) is 17.7 Å². The molecule has 2 heterocycles. The highest BCUT2D eigenvalue weighted by atomic mass is 16.6. The molecule has 0 aliphatic carbocycles. The van der Waals surface area contributed by atoms with Crippen molar-refractivity contribution in [2.45, 2.75) is 18.9 Å². The minimum atomic E-state index is -0.390. The van der Waals surface area contributed by atoms with E-state index in [0.29, 0.717) is 32.6 Å². The van der Waals surface area contributed by atoms with Gasteiger partial charge in [-0.05, 0) is 59.2 Å². The van der Waals surface area contributed by atoms with E-state index < -0.39 is 0 Å². The average molecular weight is 637 g/mol. The van der Waals surface area contributed by atoms with Crippen LogP contribution in [-0.2, 0) is 11.3 Å². The molecule has 0 N–H and O–H groups in total. The number of benzene rings is 5. The molecule has 8 nitrogen and oxygen atoms in total. The lowest BCUT2D eigenvalue weighted by Crippen LogP contribution is -2.49. The molecule has 0 spiro atoms. The lowest BCUT2D eigenvalue weighted by atomic mass is 9.87. The molecule has 5 aromatic carbocycles. The maximum atomic E-state index is 14.1. The maximum Gasteiger partial charge on any atom is 0.269 e. The quantitative estimate of drug-likeness (QED) is 0.112. The molecular formula is C40H36N4O4. The fraction of sp³-hybridized carbons (Fsp3) is 0.175. The number of nitro groups is 1. The Morgan fingerprint density at radius 1 is 0.750 bits per heavy atom. The van der Waals surface area contributed by atoms with Gasteiger partial charge >= 0.3 is 0 Å². The van der Waals surface area contributed by atoms with Gasteiger partial charge in [-0.15, -0.1) is 0 Å². The Labute approximate surface area is 279 Å². The van der Waals surface area contributed by atoms with Crippen molar-refractivity contribution >= 4 is 28.2 Å². The summed E-state index contributed by atoms with van der Waals surface area (Å²) >= 11 is 0. The molecule has 0 radical (unpaired) electrons. The van der Waals surface area contributed by atoms with Crippen LogP contribution in [0.2, 0.25) is 0 Å². The van der Waals surface area contributed by atoms with E-state index in [4.69, 9.17) is 4.74 Å². The summed E-state index contributed by atoms with van der Waals surface area (Å²) in [6.45, 7) is 3.20. The van der Waals surface area contributed by atoms with E-state index in [1.807, 2.05) is 53.4 Å². The van der Waals surface area contributed by atoms with Crippen molar-refractivity contribution in [2.75, 3.05) is 31.1 Å². The van der Waals surface area contributed by atoms with E-state index in [-0.39, 0.29) is 22.4 Å². The molecular weight excluding hydrogens is 600 g/mol. The number of hydrogen-bond acceptors (Lipinski definition) is 5. The number of nitro benzene ring substituents is 1. The van der Waals surface area contributed by atoms with Crippen molar-refractivity contribution < 1.29 is 14.5 Å². The van der Waals surface area contributed by atoms with Gasteiger partial charge in [-0.25, -0.2) is 0 Å². The zero-order valence-electron chi connectivity index (χ0n) is 26.5. The second kappa shape index (κ2) is 13.8. The van der Waals surface area contributed by atoms with Gasteiger partial charge in [0.1, 0.15) is 11.5 Å². The van der Waals surface area contributed by atoms with Gasteiger partial charge in [0.25, 0.3) is 5.69 Å². The molecule has 1 saturated heterocycles. The third kappa shape index (κ3) is 6.78. The van der Waals surface area contributed by atoms with Crippen molar-refractivity contribution in [1.82, 2.24) is 9.47 Å². The summed E-state index contributed by atoms with van der Waals surface area (Å²) in [5.41, 5.74) is 5.46. The first-order valence-corrected chi connectivity index (χ1v) is 16.2. The highest BCUT2D eigenvalue weighted by Gasteiger charge is 2.28. The van der Waals surface area contributed by atoms with E-state index in [0.717, 1.165) is 45.8 Å². The second-order valence-corrected chi connectivity index (χ2v) is 12.1. The number of hydrogen-bond donors (Lipinski definition) is 0. The average Bonchev–Trinajstić information content (AvgIpc) is 3.49. The number of ether oxygens (including phenoxy) is 1. The van der Waals surface area contributed by atoms with Crippen molar-refractivity contribution in [1.29, 1.82) is 0 Å². The molecule has 0 saturated carbocycles. The first kappa shape index (κ1) is 30.7. The highest BCUT2D eigenvalue weighted by Crippen LogP contribution is 2.37. The number of carbonyl (C=O) groups excluding carboxylic acids is 1. The fourth-order valence-corrected chi connectivity index (χ4v) is 6.59. The van der Waals surface area contributed by atoms with Crippen LogP contribution in [0.25, 0.3) is 10.9 Å². The largest absolute Gasteiger partial charge is 0.457 e. The molecule has 1 aliphatic heterocycles. The number of piperazine rings is 1. The van der Waals surface area contributed by atoms with Crippen molar-refractivity contribution in [3.63, 3.8) is 0 Å². The van der Waals surface area contributed by atoms with Gasteiger partial charge in [-0.2, -0.15) is 0 Å². The summed E-state index contributed by atoms with van der Waals surface area (Å²) in [6.07, 6.45) is 2.53. The van der Waals surface area contributed by atoms with Gasteiger partial charge < -0.3 is 19.1 Å². The number of anilines is 1. The van der Waals surface area contributed by atoms with Crippen molar-refractivity contribution in [3.8, 4) is 11.5 Å². The maximum absolute atomic E-state index is 14.1. The van der Waals surface area contributed by atoms with Crippen LogP contribution < -0.4 is 9.64 Å². The Bertz CT molecular complexity index is 2020. The van der Waals surface area contributed by atoms with Gasteiger partial charge in [0.15, 0.2) is 0 Å². The third-order valence-electron chi connectivity index (χ3n) is 9.07. The van der Waals surface area contributed by atoms with Crippen LogP contribution in [0.3, 0.4) is 0 Å². The highest BCUT2D eigenvalue weighted by molar-refractivity contribution is 5.87. The summed E-state index contributed by atoms with van der Waals surface area (Å²) in [7, 11) is 0. The van der Waals surface area contributed by atoms with Crippen LogP contribution in [0.15, 0.2) is 140 Å². The summed E-state index contributed by atoms with van der Waals surface area (Å²) in [5, 5.41) is 12.2. The van der Waals surface area contributed by atoms with Gasteiger partial charge in [0, 0.05) is 80.0 Å². The fourth-order valence-electron chi connectivity index (χ4n) is 6.59. The first-order valence-electron chi connectivity index (χ1n) is 16.2. The number of non-ortho nitro benzene ring substituents is 1. The number of fused-ring (bicyclic) bond motifs is 1. The predicted octanol–water partition coefficient (Wildman–Crippen LogP) is 8.26. The number of carbonyl (C=O) groups is 1. The third-order valence-corrected chi connectivity index (χ3v) is 9.07. The first-order chi connectivity index (χ1) is 23.5. The van der Waals surface area contributed by atoms with Gasteiger partial charge in [-0.3, -0.25) is 14.9 Å². The Morgan fingerprint density at radius 3 is 2.15 bits per heavy atom. The summed E-state index contributed by atoms with van der Waals surface area (Å²) in [6, 6.07) is 43.3. The molecule has 0 bridgehead atoms. The normalized spacial score (nSPS) is 13.8. The molecule has 1 atom stereocenters. The lowest BCUT2D eigenvalue weighted by Gasteiger charge is -2.36. The van der Waals surface area contributed by atoms with Crippen molar-refractivity contribution in [3.05, 3.63) is 166 Å². The molecule has 7 rings (SSSR count). The van der Waals surface area contributed by atoms with Crippen LogP contribution in [-0.4, -0.2) is 46.5 Å². The minimum absolute atomic E-state index is 0.0713. The standard InChI is InChI=1S/C40H36N4O4/c45-40(42-24-22-41(23-25-42)32-18-20-33(21-19-32)44(46)47)27-37(31-12-9-15-35(26-31)48-34-13-5-2-6-14-34)38-29-43(28-30-10-3-1-4-11-30)39-17-8-7-16-36(38)39/h1-21,26,29,37H,22-25,27-28H2/t37-/m0/s1. The smallest absolute Gasteiger partial charge is 0.269 e. The predicted molar refractivity (Wildman–Crippen MR) is 189 cm³/mol. The lowest BCUT2D eigenvalue weighted by molar-refractivity contribution is -0.384. The van der Waals surface area contributed by atoms with Crippen LogP contribution in [0.1, 0.15) is 29.0 Å². The van der Waals surface area contributed by atoms with Crippen LogP contribution in [0.5, 0.6) is 11.5 Å². The van der Waals surface area contributed by atoms with Gasteiger partial charge in [0.2, 0.25) is 5.91 Å². The molecule has 1 amide bonds. The van der Waals surface area contributed by atoms with E-state index in [1.54, 1.807) is 12.1 Å². The number of aromatic nitrogens is 1. The Kier molecular flexibility index (Phi) is 8.87.